The Kier molecular flexibility index (Phi) is 3.76. The SMILES string of the molecule is COC(CO)CC(F)n1cnc2c(=O)[nH]c(N)nc21. The molecule has 2 aromatic rings. The van der Waals surface area contributed by atoms with E-state index in [9.17, 15) is 9.18 Å². The maximum absolute atomic E-state index is 14.1. The number of hydrogen-bond donors (Lipinski definition) is 3. The summed E-state index contributed by atoms with van der Waals surface area (Å²) < 4.78 is 20.1. The Bertz CT molecular complexity index is 621. The minimum absolute atomic E-state index is 0.00909. The fraction of sp³-hybridized carbons (Fsp3) is 0.500. The minimum Gasteiger partial charge on any atom is -0.394 e. The van der Waals surface area contributed by atoms with E-state index in [0.29, 0.717) is 0 Å². The monoisotopic (exact) mass is 271 g/mol. The van der Waals surface area contributed by atoms with Gasteiger partial charge in [-0.05, 0) is 0 Å². The first-order valence-corrected chi connectivity index (χ1v) is 5.56. The zero-order valence-electron chi connectivity index (χ0n) is 10.2. The lowest BCUT2D eigenvalue weighted by molar-refractivity contribution is 0.0152. The summed E-state index contributed by atoms with van der Waals surface area (Å²) in [5.41, 5.74) is 4.95. The van der Waals surface area contributed by atoms with Crippen LogP contribution in [0.2, 0.25) is 0 Å². The Labute approximate surface area is 107 Å². The number of nitrogen functional groups attached to an aromatic ring is 1. The highest BCUT2D eigenvalue weighted by molar-refractivity contribution is 5.70. The molecule has 9 heteroatoms. The molecule has 2 atom stereocenters. The summed E-state index contributed by atoms with van der Waals surface area (Å²) >= 11 is 0. The van der Waals surface area contributed by atoms with E-state index in [-0.39, 0.29) is 30.1 Å². The molecule has 0 saturated heterocycles. The number of nitrogens with zero attached hydrogens (tertiary/aromatic N) is 3. The van der Waals surface area contributed by atoms with Gasteiger partial charge in [0.1, 0.15) is 0 Å². The van der Waals surface area contributed by atoms with Gasteiger partial charge in [-0.3, -0.25) is 14.3 Å². The second kappa shape index (κ2) is 5.33. The molecule has 0 fully saturated rings. The van der Waals surface area contributed by atoms with Crippen LogP contribution in [0.1, 0.15) is 12.7 Å². The number of methoxy groups -OCH3 is 1. The van der Waals surface area contributed by atoms with E-state index in [0.717, 1.165) is 4.57 Å². The van der Waals surface area contributed by atoms with Crippen molar-refractivity contribution < 1.29 is 14.2 Å². The topological polar surface area (TPSA) is 119 Å². The molecule has 0 aromatic carbocycles. The number of imidazole rings is 1. The predicted molar refractivity (Wildman–Crippen MR) is 65.2 cm³/mol. The van der Waals surface area contributed by atoms with Gasteiger partial charge in [0, 0.05) is 13.5 Å². The van der Waals surface area contributed by atoms with Crippen LogP contribution in [0.4, 0.5) is 10.3 Å². The zero-order valence-corrected chi connectivity index (χ0v) is 10.2. The van der Waals surface area contributed by atoms with Crippen LogP contribution < -0.4 is 11.3 Å². The van der Waals surface area contributed by atoms with Gasteiger partial charge in [0.25, 0.3) is 5.56 Å². The van der Waals surface area contributed by atoms with E-state index in [4.69, 9.17) is 15.6 Å². The van der Waals surface area contributed by atoms with Gasteiger partial charge in [-0.15, -0.1) is 0 Å². The van der Waals surface area contributed by atoms with Gasteiger partial charge >= 0.3 is 0 Å². The van der Waals surface area contributed by atoms with Gasteiger partial charge in [0.15, 0.2) is 17.5 Å². The lowest BCUT2D eigenvalue weighted by Crippen LogP contribution is -2.20. The highest BCUT2D eigenvalue weighted by Gasteiger charge is 2.20. The highest BCUT2D eigenvalue weighted by Crippen LogP contribution is 2.20. The van der Waals surface area contributed by atoms with Crippen molar-refractivity contribution in [1.82, 2.24) is 19.5 Å². The van der Waals surface area contributed by atoms with Gasteiger partial charge in [-0.1, -0.05) is 0 Å². The number of nitrogens with one attached hydrogen (secondary N) is 1. The third-order valence-electron chi connectivity index (χ3n) is 2.75. The summed E-state index contributed by atoms with van der Waals surface area (Å²) in [7, 11) is 1.38. The summed E-state index contributed by atoms with van der Waals surface area (Å²) in [6.45, 7) is -0.306. The molecule has 2 unspecified atom stereocenters. The third kappa shape index (κ3) is 2.56. The number of nitrogens with two attached hydrogens (primary N) is 1. The van der Waals surface area contributed by atoms with Crippen LogP contribution in [0.5, 0.6) is 0 Å². The number of alkyl halides is 1. The molecule has 0 spiro atoms. The molecule has 0 aliphatic carbocycles. The molecule has 4 N–H and O–H groups in total. The molecule has 104 valence electrons. The molecule has 19 heavy (non-hydrogen) atoms. The molecule has 0 amide bonds. The molecule has 0 radical (unpaired) electrons. The zero-order chi connectivity index (χ0) is 14.0. The molecule has 8 nitrogen and oxygen atoms in total. The van der Waals surface area contributed by atoms with E-state index in [1.165, 1.54) is 13.4 Å². The van der Waals surface area contributed by atoms with Crippen molar-refractivity contribution >= 4 is 17.1 Å². The number of fused-ring (bicyclic) bond motifs is 1. The number of anilines is 1. The number of halogens is 1. The van der Waals surface area contributed by atoms with Gasteiger partial charge in [-0.25, -0.2) is 9.37 Å². The first-order valence-electron chi connectivity index (χ1n) is 5.56. The Balaban J connectivity index is 2.37. The first-order chi connectivity index (χ1) is 9.06. The molecule has 2 rings (SSSR count). The molecular formula is C10H14FN5O3. The number of rotatable bonds is 5. The number of aliphatic hydroxyl groups excluding tert-OH is 1. The Morgan fingerprint density at radius 1 is 1.68 bits per heavy atom. The molecule has 0 saturated carbocycles. The quantitative estimate of drug-likeness (QED) is 0.678. The van der Waals surface area contributed by atoms with Crippen molar-refractivity contribution in [2.45, 2.75) is 18.8 Å². The van der Waals surface area contributed by atoms with Crippen LogP contribution in [0.25, 0.3) is 11.2 Å². The van der Waals surface area contributed by atoms with E-state index in [1.807, 2.05) is 0 Å². The molecule has 2 heterocycles. The van der Waals surface area contributed by atoms with Crippen LogP contribution in [0, 0.1) is 0 Å². The molecule has 0 bridgehead atoms. The van der Waals surface area contributed by atoms with Crippen molar-refractivity contribution in [3.63, 3.8) is 0 Å². The van der Waals surface area contributed by atoms with Crippen LogP contribution in [-0.4, -0.2) is 44.4 Å². The van der Waals surface area contributed by atoms with Gasteiger partial charge in [0.05, 0.1) is 19.0 Å². The van der Waals surface area contributed by atoms with Crippen molar-refractivity contribution in [3.8, 4) is 0 Å². The number of ether oxygens (including phenoxy) is 1. The fourth-order valence-electron chi connectivity index (χ4n) is 1.72. The van der Waals surface area contributed by atoms with Crippen LogP contribution in [-0.2, 0) is 4.74 Å². The first kappa shape index (κ1) is 13.4. The van der Waals surface area contributed by atoms with Gasteiger partial charge in [-0.2, -0.15) is 4.98 Å². The van der Waals surface area contributed by atoms with E-state index < -0.39 is 18.0 Å². The minimum atomic E-state index is -1.53. The van der Waals surface area contributed by atoms with Crippen LogP contribution in [0.3, 0.4) is 0 Å². The Hall–Kier alpha value is -2.00. The van der Waals surface area contributed by atoms with Crippen LogP contribution >= 0.6 is 0 Å². The second-order valence-corrected chi connectivity index (χ2v) is 3.99. The number of H-pyrrole nitrogens is 1. The lowest BCUT2D eigenvalue weighted by Gasteiger charge is -2.16. The average Bonchev–Trinajstić information content (AvgIpc) is 2.79. The average molecular weight is 271 g/mol. The highest BCUT2D eigenvalue weighted by atomic mass is 19.1. The largest absolute Gasteiger partial charge is 0.394 e. The van der Waals surface area contributed by atoms with Crippen molar-refractivity contribution in [2.75, 3.05) is 19.5 Å². The number of aromatic amines is 1. The van der Waals surface area contributed by atoms with Gasteiger partial charge in [0.2, 0.25) is 5.95 Å². The van der Waals surface area contributed by atoms with Crippen LogP contribution in [0.15, 0.2) is 11.1 Å². The van der Waals surface area contributed by atoms with E-state index in [2.05, 4.69) is 15.0 Å². The van der Waals surface area contributed by atoms with Crippen molar-refractivity contribution in [3.05, 3.63) is 16.7 Å². The second-order valence-electron chi connectivity index (χ2n) is 3.99. The lowest BCUT2D eigenvalue weighted by atomic mass is 10.2. The van der Waals surface area contributed by atoms with Crippen molar-refractivity contribution in [2.24, 2.45) is 0 Å². The predicted octanol–water partition coefficient (Wildman–Crippen LogP) is -0.433. The molecular weight excluding hydrogens is 257 g/mol. The smallest absolute Gasteiger partial charge is 0.280 e. The summed E-state index contributed by atoms with van der Waals surface area (Å²) in [6, 6.07) is 0. The Morgan fingerprint density at radius 2 is 2.42 bits per heavy atom. The normalized spacial score (nSPS) is 14.7. The summed E-state index contributed by atoms with van der Waals surface area (Å²) in [4.78, 5) is 21.5. The Morgan fingerprint density at radius 3 is 3.05 bits per heavy atom. The van der Waals surface area contributed by atoms with E-state index >= 15 is 0 Å². The number of hydrogen-bond acceptors (Lipinski definition) is 6. The standard InChI is InChI=1S/C10H14FN5O3/c1-19-5(3-17)2-6(11)16-4-13-7-8(16)14-10(12)15-9(7)18/h4-6,17H,2-3H2,1H3,(H3,12,14,15,18). The summed E-state index contributed by atoms with van der Waals surface area (Å²) in [6.07, 6.45) is -1.10. The number of aromatic nitrogens is 4. The molecule has 0 aliphatic rings. The van der Waals surface area contributed by atoms with E-state index in [1.54, 1.807) is 0 Å². The summed E-state index contributed by atoms with van der Waals surface area (Å²) in [5.74, 6) is -0.114. The van der Waals surface area contributed by atoms with Crippen molar-refractivity contribution in [1.29, 1.82) is 0 Å². The summed E-state index contributed by atoms with van der Waals surface area (Å²) in [5, 5.41) is 8.97. The number of aliphatic hydroxyl groups is 1. The van der Waals surface area contributed by atoms with Gasteiger partial charge < -0.3 is 15.6 Å². The molecule has 0 aliphatic heterocycles. The fourth-order valence-corrected chi connectivity index (χ4v) is 1.72. The maximum Gasteiger partial charge on any atom is 0.280 e. The maximum atomic E-state index is 14.1. The third-order valence-corrected chi connectivity index (χ3v) is 2.75. The molecule has 2 aromatic heterocycles.